The second-order valence-corrected chi connectivity index (χ2v) is 9.26. The summed E-state index contributed by atoms with van der Waals surface area (Å²) in [7, 11) is 0. The quantitative estimate of drug-likeness (QED) is 0.385. The van der Waals surface area contributed by atoms with Gasteiger partial charge in [-0.05, 0) is 80.6 Å². The van der Waals surface area contributed by atoms with Gasteiger partial charge >= 0.3 is 6.15 Å². The van der Waals surface area contributed by atoms with Crippen LogP contribution < -0.4 is 5.32 Å². The highest BCUT2D eigenvalue weighted by Gasteiger charge is 2.23. The molecule has 0 radical (unpaired) electrons. The monoisotopic (exact) mass is 455 g/mol. The second-order valence-electron chi connectivity index (χ2n) is 9.26. The number of rotatable bonds is 7. The van der Waals surface area contributed by atoms with Gasteiger partial charge < -0.3 is 10.2 Å². The molecule has 1 aliphatic heterocycles. The zero-order valence-corrected chi connectivity index (χ0v) is 20.0. The summed E-state index contributed by atoms with van der Waals surface area (Å²) in [6, 6.07) is 19.9. The largest absolute Gasteiger partial charge is 0.373 e. The molecule has 5 heteroatoms. The third kappa shape index (κ3) is 5.99. The molecule has 5 rings (SSSR count). The van der Waals surface area contributed by atoms with Crippen LogP contribution in [-0.4, -0.2) is 42.2 Å². The van der Waals surface area contributed by atoms with Crippen molar-refractivity contribution in [2.24, 2.45) is 0 Å². The Balaban J connectivity index is 0.000000868. The predicted octanol–water partition coefficient (Wildman–Crippen LogP) is 5.26. The number of carbonyl (C=O) groups excluding carboxylic acids is 2. The van der Waals surface area contributed by atoms with Crippen LogP contribution in [0, 0.1) is 6.92 Å². The lowest BCUT2D eigenvalue weighted by Crippen LogP contribution is -2.31. The molecule has 34 heavy (non-hydrogen) atoms. The molecule has 0 bridgehead atoms. The van der Waals surface area contributed by atoms with E-state index in [-0.39, 0.29) is 6.15 Å². The van der Waals surface area contributed by atoms with Gasteiger partial charge in [-0.15, -0.1) is 0 Å². The topological polar surface area (TPSA) is 62.3 Å². The van der Waals surface area contributed by atoms with Crippen LogP contribution in [0.1, 0.15) is 53.6 Å². The molecule has 1 fully saturated rings. The lowest BCUT2D eigenvalue weighted by atomic mass is 10.0. The molecule has 0 amide bonds. The van der Waals surface area contributed by atoms with Crippen molar-refractivity contribution >= 4 is 12.0 Å². The van der Waals surface area contributed by atoms with Crippen molar-refractivity contribution in [3.8, 4) is 11.1 Å². The Bertz CT molecular complexity index is 1130. The Morgan fingerprint density at radius 1 is 0.971 bits per heavy atom. The van der Waals surface area contributed by atoms with Crippen LogP contribution in [0.15, 0.2) is 54.6 Å². The van der Waals surface area contributed by atoms with E-state index in [2.05, 4.69) is 71.7 Å². The van der Waals surface area contributed by atoms with Crippen molar-refractivity contribution in [1.29, 1.82) is 0 Å². The number of nitrogens with one attached hydrogen (secondary N) is 1. The van der Waals surface area contributed by atoms with E-state index < -0.39 is 0 Å². The van der Waals surface area contributed by atoms with Crippen molar-refractivity contribution in [2.45, 2.75) is 45.4 Å². The number of likely N-dealkylation sites (tertiary alicyclic amines) is 1. The third-order valence-corrected chi connectivity index (χ3v) is 6.69. The molecule has 1 saturated heterocycles. The Morgan fingerprint density at radius 3 is 2.50 bits per heavy atom. The van der Waals surface area contributed by atoms with Gasteiger partial charge in [0.05, 0.1) is 0 Å². The standard InChI is InChI=1S/C28H33N3.CO2/c1-21-11-12-26-23(17-21)19-24-20-25(18-22-9-4-2-5-10-22)30-28(27(24)26)29-13-8-16-31-14-6-3-7-15-31;2-1-3/h2,4-5,9-12,17,20H,3,6-8,13-16,18-19H2,1H3,(H,29,30);. The van der Waals surface area contributed by atoms with Gasteiger partial charge in [0.25, 0.3) is 0 Å². The minimum Gasteiger partial charge on any atom is -0.369 e. The zero-order valence-electron chi connectivity index (χ0n) is 20.0. The van der Waals surface area contributed by atoms with E-state index in [4.69, 9.17) is 14.6 Å². The summed E-state index contributed by atoms with van der Waals surface area (Å²) in [5.74, 6) is 1.07. The van der Waals surface area contributed by atoms with Crippen molar-refractivity contribution in [3.05, 3.63) is 82.5 Å². The highest BCUT2D eigenvalue weighted by atomic mass is 16.2. The summed E-state index contributed by atoms with van der Waals surface area (Å²) >= 11 is 0. The molecule has 2 aromatic carbocycles. The first-order valence-corrected chi connectivity index (χ1v) is 12.3. The minimum atomic E-state index is 0.250. The summed E-state index contributed by atoms with van der Waals surface area (Å²) in [6.07, 6.45) is 7.43. The molecule has 0 atom stereocenters. The molecular weight excluding hydrogens is 422 g/mol. The SMILES string of the molecule is Cc1ccc2c(c1)Cc1cc(Cc3ccccc3)nc(NCCCN3CCCCC3)c1-2.O=C=O. The maximum absolute atomic E-state index is 8.12. The van der Waals surface area contributed by atoms with Gasteiger partial charge in [-0.1, -0.05) is 60.5 Å². The van der Waals surface area contributed by atoms with Crippen LogP contribution in [0.2, 0.25) is 0 Å². The Labute approximate surface area is 202 Å². The lowest BCUT2D eigenvalue weighted by Gasteiger charge is -2.26. The van der Waals surface area contributed by atoms with E-state index in [0.29, 0.717) is 0 Å². The Morgan fingerprint density at radius 2 is 1.74 bits per heavy atom. The summed E-state index contributed by atoms with van der Waals surface area (Å²) < 4.78 is 0. The van der Waals surface area contributed by atoms with E-state index >= 15 is 0 Å². The molecule has 5 nitrogen and oxygen atoms in total. The van der Waals surface area contributed by atoms with Crippen LogP contribution in [-0.2, 0) is 22.4 Å². The van der Waals surface area contributed by atoms with Crippen LogP contribution in [0.4, 0.5) is 5.82 Å². The lowest BCUT2D eigenvalue weighted by molar-refractivity contribution is -0.191. The molecule has 1 N–H and O–H groups in total. The van der Waals surface area contributed by atoms with E-state index in [1.807, 2.05) is 0 Å². The maximum atomic E-state index is 8.12. The summed E-state index contributed by atoms with van der Waals surface area (Å²) in [5.41, 5.74) is 9.35. The fourth-order valence-electron chi connectivity index (χ4n) is 5.13. The first-order chi connectivity index (χ1) is 16.7. The summed E-state index contributed by atoms with van der Waals surface area (Å²) in [5, 5.41) is 3.73. The number of hydrogen-bond acceptors (Lipinski definition) is 5. The van der Waals surface area contributed by atoms with E-state index in [0.717, 1.165) is 30.9 Å². The number of aryl methyl sites for hydroxylation is 1. The molecule has 3 aromatic rings. The van der Waals surface area contributed by atoms with Crippen molar-refractivity contribution < 1.29 is 9.59 Å². The van der Waals surface area contributed by atoms with E-state index in [9.17, 15) is 0 Å². The van der Waals surface area contributed by atoms with Crippen LogP contribution in [0.3, 0.4) is 0 Å². The molecule has 2 heterocycles. The van der Waals surface area contributed by atoms with Gasteiger partial charge in [-0.3, -0.25) is 0 Å². The number of pyridine rings is 1. The van der Waals surface area contributed by atoms with Gasteiger partial charge in [-0.2, -0.15) is 9.59 Å². The van der Waals surface area contributed by atoms with Gasteiger partial charge in [0.15, 0.2) is 0 Å². The van der Waals surface area contributed by atoms with Crippen molar-refractivity contribution in [3.63, 3.8) is 0 Å². The first kappa shape index (κ1) is 23.9. The number of piperidine rings is 1. The molecule has 1 aliphatic carbocycles. The highest BCUT2D eigenvalue weighted by molar-refractivity contribution is 5.85. The normalized spacial score (nSPS) is 14.4. The van der Waals surface area contributed by atoms with E-state index in [1.165, 1.54) is 78.7 Å². The minimum absolute atomic E-state index is 0.250. The van der Waals surface area contributed by atoms with Gasteiger partial charge in [0.1, 0.15) is 5.82 Å². The van der Waals surface area contributed by atoms with Crippen molar-refractivity contribution in [2.75, 3.05) is 31.5 Å². The molecule has 176 valence electrons. The van der Waals surface area contributed by atoms with Crippen molar-refractivity contribution in [1.82, 2.24) is 9.88 Å². The average molecular weight is 456 g/mol. The molecule has 1 aromatic heterocycles. The second kappa shape index (κ2) is 11.7. The highest BCUT2D eigenvalue weighted by Crippen LogP contribution is 2.41. The number of benzene rings is 2. The van der Waals surface area contributed by atoms with Gasteiger partial charge in [0, 0.05) is 24.2 Å². The molecule has 2 aliphatic rings. The number of aromatic nitrogens is 1. The molecule has 0 spiro atoms. The van der Waals surface area contributed by atoms with Crippen LogP contribution >= 0.6 is 0 Å². The smallest absolute Gasteiger partial charge is 0.369 e. The van der Waals surface area contributed by atoms with Gasteiger partial charge in [0.2, 0.25) is 0 Å². The maximum Gasteiger partial charge on any atom is 0.373 e. The number of anilines is 1. The fraction of sp³-hybridized carbons (Fsp3) is 0.379. The molecule has 0 unspecified atom stereocenters. The van der Waals surface area contributed by atoms with E-state index in [1.54, 1.807) is 0 Å². The summed E-state index contributed by atoms with van der Waals surface area (Å²) in [6.45, 7) is 6.89. The third-order valence-electron chi connectivity index (χ3n) is 6.69. The number of nitrogens with zero attached hydrogens (tertiary/aromatic N) is 2. The fourth-order valence-corrected chi connectivity index (χ4v) is 5.13. The molecular formula is C29H33N3O2. The first-order valence-electron chi connectivity index (χ1n) is 12.3. The molecule has 0 saturated carbocycles. The Hall–Kier alpha value is -3.27. The average Bonchev–Trinajstić information content (AvgIpc) is 3.21. The van der Waals surface area contributed by atoms with Crippen LogP contribution in [0.25, 0.3) is 11.1 Å². The number of fused-ring (bicyclic) bond motifs is 3. The van der Waals surface area contributed by atoms with Gasteiger partial charge in [-0.25, -0.2) is 4.98 Å². The zero-order chi connectivity index (χ0) is 23.8. The number of hydrogen-bond donors (Lipinski definition) is 1. The summed E-state index contributed by atoms with van der Waals surface area (Å²) in [4.78, 5) is 24.0. The predicted molar refractivity (Wildman–Crippen MR) is 135 cm³/mol. The van der Waals surface area contributed by atoms with Crippen LogP contribution in [0.5, 0.6) is 0 Å². The Kier molecular flexibility index (Phi) is 8.24.